The molecule has 0 radical (unpaired) electrons. The topological polar surface area (TPSA) is 39.2 Å². The number of aromatic nitrogens is 1. The highest BCUT2D eigenvalue weighted by atomic mass is 16.5. The molecule has 0 bridgehead atoms. The van der Waals surface area contributed by atoms with Gasteiger partial charge in [0.1, 0.15) is 6.61 Å². The number of pyridine rings is 1. The standard InChI is InChI=1S/C19H15NO2/c21-19(16-9-5-2-6-10-16)17-11-12-18(20-13-17)22-14-15-7-3-1-4-8-15/h1-13H,14H2. The summed E-state index contributed by atoms with van der Waals surface area (Å²) in [5.74, 6) is 0.469. The Bertz CT molecular complexity index is 737. The normalized spacial score (nSPS) is 10.2. The van der Waals surface area contributed by atoms with E-state index in [2.05, 4.69) is 4.98 Å². The van der Waals surface area contributed by atoms with Gasteiger partial charge in [-0.2, -0.15) is 0 Å². The first-order chi connectivity index (χ1) is 10.8. The summed E-state index contributed by atoms with van der Waals surface area (Å²) < 4.78 is 5.61. The highest BCUT2D eigenvalue weighted by molar-refractivity contribution is 6.08. The molecule has 0 saturated carbocycles. The lowest BCUT2D eigenvalue weighted by atomic mass is 10.1. The molecule has 108 valence electrons. The summed E-state index contributed by atoms with van der Waals surface area (Å²) in [6.45, 7) is 0.458. The minimum absolute atomic E-state index is 0.0392. The molecular weight excluding hydrogens is 274 g/mol. The van der Waals surface area contributed by atoms with Crippen molar-refractivity contribution in [1.82, 2.24) is 4.98 Å². The summed E-state index contributed by atoms with van der Waals surface area (Å²) in [6, 6.07) is 22.5. The summed E-state index contributed by atoms with van der Waals surface area (Å²) in [5, 5.41) is 0. The molecule has 0 fully saturated rings. The average Bonchev–Trinajstić information content (AvgIpc) is 2.61. The molecule has 0 spiro atoms. The summed E-state index contributed by atoms with van der Waals surface area (Å²) in [6.07, 6.45) is 1.55. The van der Waals surface area contributed by atoms with Gasteiger partial charge >= 0.3 is 0 Å². The highest BCUT2D eigenvalue weighted by Crippen LogP contribution is 2.13. The van der Waals surface area contributed by atoms with Crippen molar-refractivity contribution in [2.75, 3.05) is 0 Å². The van der Waals surface area contributed by atoms with E-state index < -0.39 is 0 Å². The Balaban J connectivity index is 1.67. The van der Waals surface area contributed by atoms with Crippen molar-refractivity contribution < 1.29 is 9.53 Å². The zero-order chi connectivity index (χ0) is 15.2. The van der Waals surface area contributed by atoms with Crippen molar-refractivity contribution in [2.45, 2.75) is 6.61 Å². The number of ketones is 1. The molecule has 0 amide bonds. The number of ether oxygens (including phenoxy) is 1. The minimum Gasteiger partial charge on any atom is -0.473 e. The summed E-state index contributed by atoms with van der Waals surface area (Å²) >= 11 is 0. The number of nitrogens with zero attached hydrogens (tertiary/aromatic N) is 1. The van der Waals surface area contributed by atoms with E-state index in [0.29, 0.717) is 23.6 Å². The Labute approximate surface area is 129 Å². The van der Waals surface area contributed by atoms with Crippen molar-refractivity contribution in [3.05, 3.63) is 95.7 Å². The van der Waals surface area contributed by atoms with E-state index in [9.17, 15) is 4.79 Å². The van der Waals surface area contributed by atoms with Crippen LogP contribution in [0.15, 0.2) is 79.0 Å². The summed E-state index contributed by atoms with van der Waals surface area (Å²) in [5.41, 5.74) is 2.29. The van der Waals surface area contributed by atoms with Gasteiger partial charge in [-0.15, -0.1) is 0 Å². The fourth-order valence-corrected chi connectivity index (χ4v) is 2.09. The van der Waals surface area contributed by atoms with Crippen LogP contribution in [0.4, 0.5) is 0 Å². The molecule has 3 nitrogen and oxygen atoms in total. The maximum absolute atomic E-state index is 12.3. The Hall–Kier alpha value is -2.94. The predicted molar refractivity (Wildman–Crippen MR) is 84.9 cm³/mol. The third-order valence-corrected chi connectivity index (χ3v) is 3.26. The third kappa shape index (κ3) is 3.38. The molecule has 3 aromatic rings. The van der Waals surface area contributed by atoms with E-state index >= 15 is 0 Å². The molecule has 0 aliphatic heterocycles. The molecule has 22 heavy (non-hydrogen) atoms. The third-order valence-electron chi connectivity index (χ3n) is 3.26. The van der Waals surface area contributed by atoms with Gasteiger partial charge < -0.3 is 4.74 Å². The fourth-order valence-electron chi connectivity index (χ4n) is 2.09. The van der Waals surface area contributed by atoms with Crippen LogP contribution in [-0.2, 0) is 6.61 Å². The first-order valence-corrected chi connectivity index (χ1v) is 7.05. The zero-order valence-electron chi connectivity index (χ0n) is 12.0. The Morgan fingerprint density at radius 2 is 1.50 bits per heavy atom. The maximum Gasteiger partial charge on any atom is 0.213 e. The van der Waals surface area contributed by atoms with Crippen molar-refractivity contribution in [3.63, 3.8) is 0 Å². The van der Waals surface area contributed by atoms with E-state index in [1.54, 1.807) is 30.5 Å². The lowest BCUT2D eigenvalue weighted by molar-refractivity contribution is 0.103. The van der Waals surface area contributed by atoms with E-state index in [1.807, 2.05) is 48.5 Å². The van der Waals surface area contributed by atoms with Crippen LogP contribution >= 0.6 is 0 Å². The van der Waals surface area contributed by atoms with Crippen LogP contribution in [0.5, 0.6) is 5.88 Å². The molecule has 0 unspecified atom stereocenters. The van der Waals surface area contributed by atoms with E-state index in [-0.39, 0.29) is 5.78 Å². The lowest BCUT2D eigenvalue weighted by Crippen LogP contribution is -2.02. The molecule has 3 rings (SSSR count). The molecule has 1 aromatic heterocycles. The van der Waals surface area contributed by atoms with Crippen molar-refractivity contribution >= 4 is 5.78 Å². The first kappa shape index (κ1) is 14.0. The first-order valence-electron chi connectivity index (χ1n) is 7.05. The number of hydrogen-bond donors (Lipinski definition) is 0. The molecule has 1 heterocycles. The monoisotopic (exact) mass is 289 g/mol. The molecule has 0 aliphatic carbocycles. The van der Waals surface area contributed by atoms with Gasteiger partial charge in [0.2, 0.25) is 5.88 Å². The second-order valence-corrected chi connectivity index (χ2v) is 4.85. The van der Waals surface area contributed by atoms with E-state index in [0.717, 1.165) is 5.56 Å². The fraction of sp³-hybridized carbons (Fsp3) is 0.0526. The van der Waals surface area contributed by atoms with Crippen molar-refractivity contribution in [1.29, 1.82) is 0 Å². The van der Waals surface area contributed by atoms with E-state index in [4.69, 9.17) is 4.74 Å². The van der Waals surface area contributed by atoms with Gasteiger partial charge in [0, 0.05) is 23.4 Å². The van der Waals surface area contributed by atoms with Gasteiger partial charge in [0.05, 0.1) is 0 Å². The number of carbonyl (C=O) groups excluding carboxylic acids is 1. The number of rotatable bonds is 5. The Kier molecular flexibility index (Phi) is 4.25. The second-order valence-electron chi connectivity index (χ2n) is 4.85. The molecular formula is C19H15NO2. The molecule has 0 atom stereocenters. The van der Waals surface area contributed by atoms with Crippen molar-refractivity contribution in [3.8, 4) is 5.88 Å². The molecule has 2 aromatic carbocycles. The van der Waals surface area contributed by atoms with E-state index in [1.165, 1.54) is 0 Å². The lowest BCUT2D eigenvalue weighted by Gasteiger charge is -2.06. The second kappa shape index (κ2) is 6.68. The zero-order valence-corrected chi connectivity index (χ0v) is 12.0. The van der Waals surface area contributed by atoms with Gasteiger partial charge in [-0.3, -0.25) is 4.79 Å². The number of hydrogen-bond acceptors (Lipinski definition) is 3. The summed E-state index contributed by atoms with van der Waals surface area (Å²) in [7, 11) is 0. The number of benzene rings is 2. The van der Waals surface area contributed by atoms with Gasteiger partial charge in [0.25, 0.3) is 0 Å². The predicted octanol–water partition coefficient (Wildman–Crippen LogP) is 3.89. The summed E-state index contributed by atoms with van der Waals surface area (Å²) in [4.78, 5) is 16.5. The Morgan fingerprint density at radius 3 is 2.14 bits per heavy atom. The Morgan fingerprint density at radius 1 is 0.818 bits per heavy atom. The molecule has 0 aliphatic rings. The SMILES string of the molecule is O=C(c1ccccc1)c1ccc(OCc2ccccc2)nc1. The molecule has 0 N–H and O–H groups in total. The largest absolute Gasteiger partial charge is 0.473 e. The quantitative estimate of drug-likeness (QED) is 0.669. The van der Waals surface area contributed by atoms with Crippen LogP contribution in [0.3, 0.4) is 0 Å². The smallest absolute Gasteiger partial charge is 0.213 e. The van der Waals surface area contributed by atoms with Crippen LogP contribution in [0, 0.1) is 0 Å². The van der Waals surface area contributed by atoms with Crippen LogP contribution in [0.2, 0.25) is 0 Å². The highest BCUT2D eigenvalue weighted by Gasteiger charge is 2.09. The number of carbonyl (C=O) groups is 1. The molecule has 0 saturated heterocycles. The van der Waals surface area contributed by atoms with Gasteiger partial charge in [0.15, 0.2) is 5.78 Å². The molecule has 3 heteroatoms. The van der Waals surface area contributed by atoms with Gasteiger partial charge in [-0.05, 0) is 11.6 Å². The van der Waals surface area contributed by atoms with Crippen LogP contribution in [0.25, 0.3) is 0 Å². The van der Waals surface area contributed by atoms with Crippen LogP contribution in [0.1, 0.15) is 21.5 Å². The van der Waals surface area contributed by atoms with Crippen LogP contribution in [-0.4, -0.2) is 10.8 Å². The van der Waals surface area contributed by atoms with Crippen LogP contribution < -0.4 is 4.74 Å². The minimum atomic E-state index is -0.0392. The van der Waals surface area contributed by atoms with Gasteiger partial charge in [-0.1, -0.05) is 60.7 Å². The average molecular weight is 289 g/mol. The van der Waals surface area contributed by atoms with Gasteiger partial charge in [-0.25, -0.2) is 4.98 Å². The van der Waals surface area contributed by atoms with Crippen molar-refractivity contribution in [2.24, 2.45) is 0 Å². The maximum atomic E-state index is 12.3.